The number of hydrogen-bond acceptors (Lipinski definition) is 8. The van der Waals surface area contributed by atoms with Crippen LogP contribution in [0.2, 0.25) is 18.1 Å². The molecule has 0 saturated carbocycles. The van der Waals surface area contributed by atoms with Crippen molar-refractivity contribution in [3.05, 3.63) is 58.7 Å². The molecule has 2 aromatic carbocycles. The molecule has 240 valence electrons. The SMILES string of the molecule is C#CCC(CO[Si](C)(C)C(C)(C)C)C(=O)OCC(O)C[C@H](C)[C@H]1Cc2ccc(C)c(OCc3ccc(OC)cc3)c2C(=O)O1. The Morgan fingerprint density at radius 1 is 1.16 bits per heavy atom. The molecule has 44 heavy (non-hydrogen) atoms. The van der Waals surface area contributed by atoms with Gasteiger partial charge < -0.3 is 28.5 Å². The van der Waals surface area contributed by atoms with E-state index in [0.717, 1.165) is 22.4 Å². The van der Waals surface area contributed by atoms with Gasteiger partial charge in [0.2, 0.25) is 0 Å². The molecular weight excluding hydrogens is 576 g/mol. The van der Waals surface area contributed by atoms with E-state index in [0.29, 0.717) is 24.3 Å². The number of ether oxygens (including phenoxy) is 4. The third kappa shape index (κ3) is 9.10. The maximum Gasteiger partial charge on any atom is 0.342 e. The molecule has 0 fully saturated rings. The van der Waals surface area contributed by atoms with E-state index >= 15 is 0 Å². The summed E-state index contributed by atoms with van der Waals surface area (Å²) in [6, 6.07) is 11.4. The lowest BCUT2D eigenvalue weighted by Crippen LogP contribution is -2.43. The number of fused-ring (bicyclic) bond motifs is 1. The fourth-order valence-electron chi connectivity index (χ4n) is 4.78. The second kappa shape index (κ2) is 15.1. The summed E-state index contributed by atoms with van der Waals surface area (Å²) in [4.78, 5) is 26.0. The predicted molar refractivity (Wildman–Crippen MR) is 172 cm³/mol. The molecule has 0 amide bonds. The van der Waals surface area contributed by atoms with Crippen molar-refractivity contribution >= 4 is 20.3 Å². The van der Waals surface area contributed by atoms with Crippen molar-refractivity contribution in [3.63, 3.8) is 0 Å². The van der Waals surface area contributed by atoms with Crippen LogP contribution < -0.4 is 9.47 Å². The van der Waals surface area contributed by atoms with Crippen molar-refractivity contribution in [2.24, 2.45) is 11.8 Å². The lowest BCUT2D eigenvalue weighted by Gasteiger charge is -2.37. The molecule has 2 unspecified atom stereocenters. The van der Waals surface area contributed by atoms with E-state index < -0.39 is 38.4 Å². The minimum Gasteiger partial charge on any atom is -0.497 e. The molecule has 0 aliphatic carbocycles. The molecule has 4 atom stereocenters. The van der Waals surface area contributed by atoms with E-state index in [1.807, 2.05) is 50.2 Å². The molecule has 0 aromatic heterocycles. The van der Waals surface area contributed by atoms with Crippen LogP contribution in [0, 0.1) is 31.1 Å². The van der Waals surface area contributed by atoms with E-state index in [-0.39, 0.29) is 37.0 Å². The highest BCUT2D eigenvalue weighted by Crippen LogP contribution is 2.37. The Morgan fingerprint density at radius 2 is 1.84 bits per heavy atom. The molecule has 0 spiro atoms. The van der Waals surface area contributed by atoms with Gasteiger partial charge in [-0.05, 0) is 66.2 Å². The average molecular weight is 625 g/mol. The van der Waals surface area contributed by atoms with Crippen molar-refractivity contribution in [3.8, 4) is 23.8 Å². The molecule has 1 heterocycles. The van der Waals surface area contributed by atoms with Gasteiger partial charge in [0.1, 0.15) is 36.4 Å². The Bertz CT molecular complexity index is 1320. The lowest BCUT2D eigenvalue weighted by atomic mass is 9.88. The van der Waals surface area contributed by atoms with Crippen molar-refractivity contribution in [2.45, 2.75) is 90.8 Å². The number of carbonyl (C=O) groups is 2. The van der Waals surface area contributed by atoms with Gasteiger partial charge in [-0.25, -0.2) is 4.79 Å². The topological polar surface area (TPSA) is 101 Å². The van der Waals surface area contributed by atoms with E-state index in [1.54, 1.807) is 7.11 Å². The molecule has 2 aromatic rings. The Kier molecular flexibility index (Phi) is 12.1. The number of cyclic esters (lactones) is 1. The summed E-state index contributed by atoms with van der Waals surface area (Å²) in [5.41, 5.74) is 3.07. The van der Waals surface area contributed by atoms with Gasteiger partial charge in [0.25, 0.3) is 0 Å². The highest BCUT2D eigenvalue weighted by Gasteiger charge is 2.38. The van der Waals surface area contributed by atoms with Crippen molar-refractivity contribution in [2.75, 3.05) is 20.3 Å². The van der Waals surface area contributed by atoms with Crippen LogP contribution in [-0.4, -0.2) is 57.9 Å². The molecule has 0 bridgehead atoms. The number of rotatable bonds is 14. The van der Waals surface area contributed by atoms with Crippen LogP contribution in [0.15, 0.2) is 36.4 Å². The van der Waals surface area contributed by atoms with Gasteiger partial charge in [-0.15, -0.1) is 12.3 Å². The standard InChI is InChI=1S/C35H48O8Si/c1-10-11-27(21-42-44(8,9)35(4,5)6)33(37)41-22-28(36)18-24(3)30-19-26-15-12-23(2)32(31(26)34(38)43-30)40-20-25-13-16-29(39-7)17-14-25/h1,12-17,24,27-28,30,36H,11,18-22H2,2-9H3/t24-,27?,28?,30+/m0/s1. The first-order valence-electron chi connectivity index (χ1n) is 15.2. The van der Waals surface area contributed by atoms with Crippen LogP contribution >= 0.6 is 0 Å². The molecule has 8 nitrogen and oxygen atoms in total. The number of esters is 2. The minimum absolute atomic E-state index is 0.00229. The maximum absolute atomic E-state index is 13.2. The Morgan fingerprint density at radius 3 is 2.45 bits per heavy atom. The van der Waals surface area contributed by atoms with Crippen LogP contribution in [0.3, 0.4) is 0 Å². The summed E-state index contributed by atoms with van der Waals surface area (Å²) in [6.45, 7) is 14.7. The Hall–Kier alpha value is -3.32. The monoisotopic (exact) mass is 624 g/mol. The first-order chi connectivity index (χ1) is 20.7. The van der Waals surface area contributed by atoms with Gasteiger partial charge >= 0.3 is 11.9 Å². The Labute approximate surface area is 263 Å². The molecule has 1 aliphatic rings. The number of aliphatic hydroxyl groups excluding tert-OH is 1. The zero-order valence-electron chi connectivity index (χ0n) is 27.4. The molecule has 1 N–H and O–H groups in total. The largest absolute Gasteiger partial charge is 0.497 e. The van der Waals surface area contributed by atoms with Crippen LogP contribution in [0.5, 0.6) is 11.5 Å². The number of aryl methyl sites for hydroxylation is 1. The lowest BCUT2D eigenvalue weighted by molar-refractivity contribution is -0.153. The van der Waals surface area contributed by atoms with Gasteiger partial charge in [0, 0.05) is 19.4 Å². The summed E-state index contributed by atoms with van der Waals surface area (Å²) in [5.74, 6) is 2.09. The molecule has 1 aliphatic heterocycles. The number of methoxy groups -OCH3 is 1. The quantitative estimate of drug-likeness (QED) is 0.149. The molecule has 0 radical (unpaired) electrons. The number of aliphatic hydroxyl groups is 1. The summed E-state index contributed by atoms with van der Waals surface area (Å²) >= 11 is 0. The van der Waals surface area contributed by atoms with E-state index in [9.17, 15) is 14.7 Å². The van der Waals surface area contributed by atoms with Crippen LogP contribution in [0.4, 0.5) is 0 Å². The predicted octanol–water partition coefficient (Wildman–Crippen LogP) is 6.26. The first kappa shape index (κ1) is 35.2. The molecule has 9 heteroatoms. The van der Waals surface area contributed by atoms with Gasteiger partial charge in [0.05, 0.1) is 19.1 Å². The van der Waals surface area contributed by atoms with Gasteiger partial charge in [0.15, 0.2) is 8.32 Å². The summed E-state index contributed by atoms with van der Waals surface area (Å²) in [7, 11) is -0.453. The third-order valence-corrected chi connectivity index (χ3v) is 13.2. The Balaban J connectivity index is 1.57. The summed E-state index contributed by atoms with van der Waals surface area (Å²) in [6.07, 6.45) is 5.11. The molecule has 3 rings (SSSR count). The minimum atomic E-state index is -2.07. The zero-order valence-corrected chi connectivity index (χ0v) is 28.4. The number of carbonyl (C=O) groups excluding carboxylic acids is 2. The second-order valence-corrected chi connectivity index (χ2v) is 18.0. The third-order valence-electron chi connectivity index (χ3n) is 8.71. The normalized spacial score (nSPS) is 17.0. The smallest absolute Gasteiger partial charge is 0.342 e. The highest BCUT2D eigenvalue weighted by atomic mass is 28.4. The van der Waals surface area contributed by atoms with E-state index in [2.05, 4.69) is 39.8 Å². The van der Waals surface area contributed by atoms with E-state index in [1.165, 1.54) is 0 Å². The van der Waals surface area contributed by atoms with Gasteiger partial charge in [-0.2, -0.15) is 0 Å². The van der Waals surface area contributed by atoms with E-state index in [4.69, 9.17) is 29.8 Å². The fourth-order valence-corrected chi connectivity index (χ4v) is 5.83. The highest BCUT2D eigenvalue weighted by molar-refractivity contribution is 6.74. The van der Waals surface area contributed by atoms with Crippen molar-refractivity contribution < 1.29 is 38.1 Å². The second-order valence-electron chi connectivity index (χ2n) is 13.2. The van der Waals surface area contributed by atoms with Crippen LogP contribution in [0.25, 0.3) is 0 Å². The summed E-state index contributed by atoms with van der Waals surface area (Å²) < 4.78 is 28.8. The first-order valence-corrected chi connectivity index (χ1v) is 18.1. The molecule has 0 saturated heterocycles. The van der Waals surface area contributed by atoms with Crippen LogP contribution in [-0.2, 0) is 31.7 Å². The van der Waals surface area contributed by atoms with Gasteiger partial charge in [-0.1, -0.05) is 52.0 Å². The molecular formula is C35H48O8Si. The average Bonchev–Trinajstić information content (AvgIpc) is 2.97. The zero-order chi connectivity index (χ0) is 32.7. The van der Waals surface area contributed by atoms with Gasteiger partial charge in [-0.3, -0.25) is 4.79 Å². The fraction of sp³-hybridized carbons (Fsp3) is 0.543. The van der Waals surface area contributed by atoms with Crippen molar-refractivity contribution in [1.29, 1.82) is 0 Å². The van der Waals surface area contributed by atoms with Crippen LogP contribution in [0.1, 0.15) is 67.6 Å². The number of benzene rings is 2. The summed E-state index contributed by atoms with van der Waals surface area (Å²) in [5, 5.41) is 10.7. The number of hydrogen-bond donors (Lipinski definition) is 1. The number of terminal acetylenes is 1. The maximum atomic E-state index is 13.2. The van der Waals surface area contributed by atoms with Crippen molar-refractivity contribution in [1.82, 2.24) is 0 Å².